The molecule has 126 valence electrons. The number of benzene rings is 1. The number of rotatable bonds is 7. The molecule has 6 nitrogen and oxygen atoms in total. The molecule has 0 saturated carbocycles. The summed E-state index contributed by atoms with van der Waals surface area (Å²) in [6.07, 6.45) is 0.518. The highest BCUT2D eigenvalue weighted by Gasteiger charge is 2.21. The summed E-state index contributed by atoms with van der Waals surface area (Å²) in [6.45, 7) is 5.61. The van der Waals surface area contributed by atoms with Gasteiger partial charge in [-0.2, -0.15) is 10.5 Å². The largest absolute Gasteiger partial charge is 0.490 e. The second-order valence-corrected chi connectivity index (χ2v) is 4.96. The van der Waals surface area contributed by atoms with Gasteiger partial charge in [0.2, 0.25) is 0 Å². The molecule has 1 atom stereocenters. The predicted octanol–water partition coefficient (Wildman–Crippen LogP) is 3.50. The number of carbonyl (C=O) groups excluding carboxylic acids is 1. The molecule has 1 aromatic rings. The lowest BCUT2D eigenvalue weighted by Crippen LogP contribution is -2.26. The molecule has 0 bridgehead atoms. The van der Waals surface area contributed by atoms with Gasteiger partial charge < -0.3 is 14.2 Å². The summed E-state index contributed by atoms with van der Waals surface area (Å²) >= 11 is 6.21. The molecule has 0 aliphatic rings. The maximum Gasteiger partial charge on any atom is 0.347 e. The highest BCUT2D eigenvalue weighted by atomic mass is 35.5. The first-order chi connectivity index (χ1) is 11.5. The standard InChI is InChI=1S/C17H17ClN2O4/c1-4-22-15-8-12(6-13(9-19)10-20)7-14(18)16(15)24-11(3)17(21)23-5-2/h6-8,11H,4-5H2,1-3H3. The Kier molecular flexibility index (Phi) is 7.61. The molecule has 0 amide bonds. The quantitative estimate of drug-likeness (QED) is 0.553. The first-order valence-corrected chi connectivity index (χ1v) is 7.66. The fourth-order valence-electron chi connectivity index (χ4n) is 1.79. The van der Waals surface area contributed by atoms with Crippen molar-refractivity contribution in [1.29, 1.82) is 10.5 Å². The summed E-state index contributed by atoms with van der Waals surface area (Å²) in [5.74, 6) is -0.00875. The number of esters is 1. The van der Waals surface area contributed by atoms with E-state index in [1.165, 1.54) is 12.1 Å². The van der Waals surface area contributed by atoms with Crippen molar-refractivity contribution in [2.24, 2.45) is 0 Å². The van der Waals surface area contributed by atoms with Crippen LogP contribution in [0.4, 0.5) is 0 Å². The van der Waals surface area contributed by atoms with Crippen molar-refractivity contribution in [2.45, 2.75) is 26.9 Å². The molecule has 0 saturated heterocycles. The van der Waals surface area contributed by atoms with E-state index >= 15 is 0 Å². The number of halogens is 1. The lowest BCUT2D eigenvalue weighted by atomic mass is 10.1. The van der Waals surface area contributed by atoms with Crippen LogP contribution in [0.2, 0.25) is 5.02 Å². The Balaban J connectivity index is 3.22. The summed E-state index contributed by atoms with van der Waals surface area (Å²) in [5.41, 5.74) is 0.444. The molecule has 1 rings (SSSR count). The van der Waals surface area contributed by atoms with Crippen LogP contribution in [-0.4, -0.2) is 25.3 Å². The third-order valence-corrected chi connectivity index (χ3v) is 3.08. The van der Waals surface area contributed by atoms with E-state index in [9.17, 15) is 4.79 Å². The normalized spacial score (nSPS) is 10.8. The minimum Gasteiger partial charge on any atom is -0.490 e. The van der Waals surface area contributed by atoms with Gasteiger partial charge in [0.15, 0.2) is 17.6 Å². The van der Waals surface area contributed by atoms with Crippen molar-refractivity contribution in [2.75, 3.05) is 13.2 Å². The number of nitriles is 2. The third kappa shape index (κ3) is 5.19. The first-order valence-electron chi connectivity index (χ1n) is 7.28. The Morgan fingerprint density at radius 3 is 2.50 bits per heavy atom. The molecule has 0 aliphatic heterocycles. The van der Waals surface area contributed by atoms with Crippen LogP contribution in [0.1, 0.15) is 26.3 Å². The van der Waals surface area contributed by atoms with Crippen LogP contribution in [0.5, 0.6) is 11.5 Å². The van der Waals surface area contributed by atoms with E-state index in [4.69, 9.17) is 36.3 Å². The van der Waals surface area contributed by atoms with Gasteiger partial charge in [-0.1, -0.05) is 11.6 Å². The van der Waals surface area contributed by atoms with Gasteiger partial charge >= 0.3 is 5.97 Å². The zero-order chi connectivity index (χ0) is 18.1. The minimum absolute atomic E-state index is 0.0675. The van der Waals surface area contributed by atoms with Crippen molar-refractivity contribution >= 4 is 23.6 Å². The van der Waals surface area contributed by atoms with Gasteiger partial charge in [-0.3, -0.25) is 0 Å². The molecule has 1 unspecified atom stereocenters. The maximum absolute atomic E-state index is 11.7. The second-order valence-electron chi connectivity index (χ2n) is 4.56. The van der Waals surface area contributed by atoms with Crippen molar-refractivity contribution < 1.29 is 19.0 Å². The molecular formula is C17H17ClN2O4. The molecule has 0 aliphatic carbocycles. The fraction of sp³-hybridized carbons (Fsp3) is 0.353. The zero-order valence-electron chi connectivity index (χ0n) is 13.6. The van der Waals surface area contributed by atoms with E-state index in [2.05, 4.69) is 0 Å². The Morgan fingerprint density at radius 1 is 1.29 bits per heavy atom. The zero-order valence-corrected chi connectivity index (χ0v) is 14.4. The Hall–Kier alpha value is -2.70. The second kappa shape index (κ2) is 9.44. The predicted molar refractivity (Wildman–Crippen MR) is 88.5 cm³/mol. The lowest BCUT2D eigenvalue weighted by molar-refractivity contribution is -0.150. The molecule has 0 radical (unpaired) electrons. The van der Waals surface area contributed by atoms with Crippen LogP contribution in [-0.2, 0) is 9.53 Å². The average molecular weight is 349 g/mol. The molecule has 0 N–H and O–H groups in total. The Labute approximate surface area is 145 Å². The highest BCUT2D eigenvalue weighted by Crippen LogP contribution is 2.38. The Bertz CT molecular complexity index is 701. The maximum atomic E-state index is 11.7. The lowest BCUT2D eigenvalue weighted by Gasteiger charge is -2.18. The fourth-order valence-corrected chi connectivity index (χ4v) is 2.05. The van der Waals surface area contributed by atoms with Crippen molar-refractivity contribution in [3.8, 4) is 23.6 Å². The number of ether oxygens (including phenoxy) is 3. The highest BCUT2D eigenvalue weighted by molar-refractivity contribution is 6.32. The Morgan fingerprint density at radius 2 is 1.96 bits per heavy atom. The van der Waals surface area contributed by atoms with Gasteiger partial charge in [0, 0.05) is 0 Å². The third-order valence-electron chi connectivity index (χ3n) is 2.80. The van der Waals surface area contributed by atoms with Gasteiger partial charge in [0.05, 0.1) is 18.2 Å². The topological polar surface area (TPSA) is 92.3 Å². The van der Waals surface area contributed by atoms with Crippen LogP contribution in [0.25, 0.3) is 6.08 Å². The number of nitrogens with zero attached hydrogens (tertiary/aromatic N) is 2. The van der Waals surface area contributed by atoms with Crippen LogP contribution in [0.15, 0.2) is 17.7 Å². The number of carbonyl (C=O) groups is 1. The van der Waals surface area contributed by atoms with E-state index in [1.54, 1.807) is 39.0 Å². The summed E-state index contributed by atoms with van der Waals surface area (Å²) in [4.78, 5) is 11.7. The number of hydrogen-bond donors (Lipinski definition) is 0. The van der Waals surface area contributed by atoms with Gasteiger partial charge in [-0.25, -0.2) is 4.79 Å². The van der Waals surface area contributed by atoms with Gasteiger partial charge in [-0.05, 0) is 44.5 Å². The molecule has 0 heterocycles. The number of hydrogen-bond acceptors (Lipinski definition) is 6. The monoisotopic (exact) mass is 348 g/mol. The van der Waals surface area contributed by atoms with E-state index in [0.717, 1.165) is 0 Å². The van der Waals surface area contributed by atoms with Crippen molar-refractivity contribution in [3.63, 3.8) is 0 Å². The SMILES string of the molecule is CCOC(=O)C(C)Oc1c(Cl)cc(C=C(C#N)C#N)cc1OCC. The van der Waals surface area contributed by atoms with E-state index in [0.29, 0.717) is 17.9 Å². The van der Waals surface area contributed by atoms with Crippen LogP contribution >= 0.6 is 11.6 Å². The van der Waals surface area contributed by atoms with Crippen LogP contribution < -0.4 is 9.47 Å². The first kappa shape index (κ1) is 19.3. The molecule has 1 aromatic carbocycles. The summed E-state index contributed by atoms with van der Waals surface area (Å²) in [5, 5.41) is 17.9. The molecule has 24 heavy (non-hydrogen) atoms. The molecule has 7 heteroatoms. The summed E-state index contributed by atoms with van der Waals surface area (Å²) < 4.78 is 16.0. The molecular weight excluding hydrogens is 332 g/mol. The van der Waals surface area contributed by atoms with Crippen LogP contribution in [0.3, 0.4) is 0 Å². The summed E-state index contributed by atoms with van der Waals surface area (Å²) in [7, 11) is 0. The molecule has 0 fully saturated rings. The smallest absolute Gasteiger partial charge is 0.347 e. The molecule has 0 spiro atoms. The van der Waals surface area contributed by atoms with Gasteiger partial charge in [0.25, 0.3) is 0 Å². The molecule has 0 aromatic heterocycles. The van der Waals surface area contributed by atoms with Gasteiger partial charge in [-0.15, -0.1) is 0 Å². The summed E-state index contributed by atoms with van der Waals surface area (Å²) in [6, 6.07) is 6.64. The number of allylic oxidation sites excluding steroid dienone is 1. The van der Waals surface area contributed by atoms with Crippen LogP contribution in [0, 0.1) is 22.7 Å². The van der Waals surface area contributed by atoms with E-state index in [-0.39, 0.29) is 23.0 Å². The van der Waals surface area contributed by atoms with E-state index < -0.39 is 12.1 Å². The van der Waals surface area contributed by atoms with Crippen molar-refractivity contribution in [1.82, 2.24) is 0 Å². The minimum atomic E-state index is -0.864. The average Bonchev–Trinajstić information content (AvgIpc) is 2.56. The van der Waals surface area contributed by atoms with E-state index in [1.807, 2.05) is 0 Å². The van der Waals surface area contributed by atoms with Gasteiger partial charge in [0.1, 0.15) is 17.7 Å². The van der Waals surface area contributed by atoms with Crippen molar-refractivity contribution in [3.05, 3.63) is 28.3 Å².